The Labute approximate surface area is 142 Å². The Balaban J connectivity index is 2.28. The van der Waals surface area contributed by atoms with Gasteiger partial charge in [-0.2, -0.15) is 0 Å². The van der Waals surface area contributed by atoms with Gasteiger partial charge in [0.2, 0.25) is 0 Å². The summed E-state index contributed by atoms with van der Waals surface area (Å²) in [7, 11) is 0. The SMILES string of the molecule is O=C(Nc1ccc(Cl)cc1I)c1cc(Cl)ccc1Br. The highest BCUT2D eigenvalue weighted by atomic mass is 127. The van der Waals surface area contributed by atoms with Gasteiger partial charge in [0.1, 0.15) is 0 Å². The lowest BCUT2D eigenvalue weighted by atomic mass is 10.2. The van der Waals surface area contributed by atoms with Gasteiger partial charge in [-0.1, -0.05) is 23.2 Å². The Morgan fingerprint density at radius 3 is 2.42 bits per heavy atom. The van der Waals surface area contributed by atoms with Gasteiger partial charge in [-0.15, -0.1) is 0 Å². The zero-order chi connectivity index (χ0) is 14.0. The van der Waals surface area contributed by atoms with E-state index in [2.05, 4.69) is 43.8 Å². The van der Waals surface area contributed by atoms with Crippen LogP contribution < -0.4 is 5.32 Å². The molecule has 0 aliphatic heterocycles. The first-order valence-electron chi connectivity index (χ1n) is 5.19. The summed E-state index contributed by atoms with van der Waals surface area (Å²) in [5.41, 5.74) is 1.19. The van der Waals surface area contributed by atoms with Gasteiger partial charge in [0.15, 0.2) is 0 Å². The van der Waals surface area contributed by atoms with Gasteiger partial charge in [0.25, 0.3) is 5.91 Å². The van der Waals surface area contributed by atoms with Crippen molar-refractivity contribution in [3.05, 3.63) is 60.0 Å². The molecular weight excluding hydrogens is 464 g/mol. The summed E-state index contributed by atoms with van der Waals surface area (Å²) in [4.78, 5) is 12.2. The fourth-order valence-corrected chi connectivity index (χ4v) is 3.06. The van der Waals surface area contributed by atoms with Crippen LogP contribution in [0.25, 0.3) is 0 Å². The summed E-state index contributed by atoms with van der Waals surface area (Å²) in [6.07, 6.45) is 0. The molecule has 0 atom stereocenters. The fourth-order valence-electron chi connectivity index (χ4n) is 1.45. The van der Waals surface area contributed by atoms with Crippen molar-refractivity contribution in [2.75, 3.05) is 5.32 Å². The summed E-state index contributed by atoms with van der Waals surface area (Å²) < 4.78 is 1.56. The Kier molecular flexibility index (Phi) is 5.11. The van der Waals surface area contributed by atoms with Gasteiger partial charge in [-0.05, 0) is 74.9 Å². The van der Waals surface area contributed by atoms with Gasteiger partial charge in [0, 0.05) is 18.1 Å². The minimum Gasteiger partial charge on any atom is -0.321 e. The highest BCUT2D eigenvalue weighted by Gasteiger charge is 2.12. The van der Waals surface area contributed by atoms with Crippen LogP contribution in [0.1, 0.15) is 10.4 Å². The molecule has 6 heteroatoms. The van der Waals surface area contributed by atoms with E-state index in [-0.39, 0.29) is 5.91 Å². The molecule has 2 aromatic rings. The summed E-state index contributed by atoms with van der Waals surface area (Å²) in [5.74, 6) is -0.227. The Bertz CT molecular complexity index is 649. The van der Waals surface area contributed by atoms with Crippen LogP contribution in [0.5, 0.6) is 0 Å². The molecule has 0 unspecified atom stereocenters. The van der Waals surface area contributed by atoms with Crippen molar-refractivity contribution in [3.8, 4) is 0 Å². The van der Waals surface area contributed by atoms with Crippen molar-refractivity contribution in [2.24, 2.45) is 0 Å². The molecule has 0 radical (unpaired) electrons. The molecule has 0 saturated heterocycles. The predicted octanol–water partition coefficient (Wildman–Crippen LogP) is 5.61. The van der Waals surface area contributed by atoms with Gasteiger partial charge in [-0.3, -0.25) is 4.79 Å². The van der Waals surface area contributed by atoms with E-state index in [4.69, 9.17) is 23.2 Å². The van der Waals surface area contributed by atoms with Crippen LogP contribution in [0.2, 0.25) is 10.0 Å². The van der Waals surface area contributed by atoms with E-state index in [1.54, 1.807) is 36.4 Å². The smallest absolute Gasteiger partial charge is 0.256 e. The van der Waals surface area contributed by atoms with Crippen LogP contribution in [-0.2, 0) is 0 Å². The molecule has 1 amide bonds. The molecular formula is C13H7BrCl2INO. The number of carbonyl (C=O) groups excluding carboxylic acids is 1. The second-order valence-corrected chi connectivity index (χ2v) is 6.59. The van der Waals surface area contributed by atoms with Gasteiger partial charge in [0.05, 0.1) is 11.3 Å². The van der Waals surface area contributed by atoms with Crippen molar-refractivity contribution >= 4 is 73.3 Å². The molecule has 2 rings (SSSR count). The number of halogens is 4. The highest BCUT2D eigenvalue weighted by molar-refractivity contribution is 14.1. The first kappa shape index (κ1) is 15.1. The van der Waals surface area contributed by atoms with E-state index >= 15 is 0 Å². The molecule has 98 valence electrons. The fraction of sp³-hybridized carbons (Fsp3) is 0. The summed E-state index contributed by atoms with van der Waals surface area (Å²) >= 11 is 17.2. The van der Waals surface area contributed by atoms with Crippen LogP contribution in [0.3, 0.4) is 0 Å². The third-order valence-corrected chi connectivity index (χ3v) is 4.41. The van der Waals surface area contributed by atoms with Crippen LogP contribution in [0.4, 0.5) is 5.69 Å². The lowest BCUT2D eigenvalue weighted by Gasteiger charge is -2.09. The number of carbonyl (C=O) groups is 1. The minimum atomic E-state index is -0.227. The largest absolute Gasteiger partial charge is 0.321 e. The number of anilines is 1. The summed E-state index contributed by atoms with van der Waals surface area (Å²) in [6.45, 7) is 0. The van der Waals surface area contributed by atoms with E-state index in [0.717, 1.165) is 3.57 Å². The lowest BCUT2D eigenvalue weighted by molar-refractivity contribution is 0.102. The molecule has 2 aromatic carbocycles. The molecule has 0 aliphatic carbocycles. The molecule has 0 aromatic heterocycles. The third-order valence-electron chi connectivity index (χ3n) is 2.35. The molecule has 2 nitrogen and oxygen atoms in total. The Morgan fingerprint density at radius 2 is 1.74 bits per heavy atom. The molecule has 0 bridgehead atoms. The van der Waals surface area contributed by atoms with E-state index in [0.29, 0.717) is 25.8 Å². The summed E-state index contributed by atoms with van der Waals surface area (Å²) in [6, 6.07) is 10.3. The number of nitrogens with one attached hydrogen (secondary N) is 1. The molecule has 0 aliphatic rings. The monoisotopic (exact) mass is 469 g/mol. The van der Waals surface area contributed by atoms with E-state index in [1.807, 2.05) is 0 Å². The Hall–Kier alpha value is -0.300. The number of hydrogen-bond acceptors (Lipinski definition) is 1. The average Bonchev–Trinajstić information content (AvgIpc) is 2.35. The topological polar surface area (TPSA) is 29.1 Å². The predicted molar refractivity (Wildman–Crippen MR) is 91.3 cm³/mol. The van der Waals surface area contributed by atoms with Gasteiger partial charge < -0.3 is 5.32 Å². The molecule has 0 fully saturated rings. The van der Waals surface area contributed by atoms with Crippen molar-refractivity contribution in [1.82, 2.24) is 0 Å². The second-order valence-electron chi connectivity index (χ2n) is 3.70. The van der Waals surface area contributed by atoms with E-state index < -0.39 is 0 Å². The first-order valence-corrected chi connectivity index (χ1v) is 7.81. The minimum absolute atomic E-state index is 0.227. The van der Waals surface area contributed by atoms with Crippen LogP contribution >= 0.6 is 61.7 Å². The van der Waals surface area contributed by atoms with E-state index in [9.17, 15) is 4.79 Å². The maximum Gasteiger partial charge on any atom is 0.256 e. The average molecular weight is 471 g/mol. The molecule has 19 heavy (non-hydrogen) atoms. The zero-order valence-electron chi connectivity index (χ0n) is 9.38. The molecule has 0 spiro atoms. The molecule has 1 N–H and O–H groups in total. The van der Waals surface area contributed by atoms with Gasteiger partial charge in [-0.25, -0.2) is 0 Å². The number of rotatable bonds is 2. The number of benzene rings is 2. The van der Waals surface area contributed by atoms with Crippen LogP contribution in [0.15, 0.2) is 40.9 Å². The number of amides is 1. The maximum absolute atomic E-state index is 12.2. The highest BCUT2D eigenvalue weighted by Crippen LogP contribution is 2.25. The van der Waals surface area contributed by atoms with Gasteiger partial charge >= 0.3 is 0 Å². The standard InChI is InChI=1S/C13H7BrCl2INO/c14-10-3-1-7(15)5-9(10)13(19)18-12-4-2-8(16)6-11(12)17/h1-6H,(H,18,19). The lowest BCUT2D eigenvalue weighted by Crippen LogP contribution is -2.13. The van der Waals surface area contributed by atoms with Crippen molar-refractivity contribution in [2.45, 2.75) is 0 Å². The quantitative estimate of drug-likeness (QED) is 0.568. The third kappa shape index (κ3) is 3.84. The first-order chi connectivity index (χ1) is 8.97. The van der Waals surface area contributed by atoms with Crippen molar-refractivity contribution in [1.29, 1.82) is 0 Å². The number of hydrogen-bond donors (Lipinski definition) is 1. The maximum atomic E-state index is 12.2. The van der Waals surface area contributed by atoms with E-state index in [1.165, 1.54) is 0 Å². The summed E-state index contributed by atoms with van der Waals surface area (Å²) in [5, 5.41) is 3.97. The Morgan fingerprint density at radius 1 is 1.11 bits per heavy atom. The van der Waals surface area contributed by atoms with Crippen molar-refractivity contribution in [3.63, 3.8) is 0 Å². The van der Waals surface area contributed by atoms with Crippen LogP contribution in [0, 0.1) is 3.57 Å². The second kappa shape index (κ2) is 6.43. The van der Waals surface area contributed by atoms with Crippen molar-refractivity contribution < 1.29 is 4.79 Å². The normalized spacial score (nSPS) is 10.3. The molecule has 0 saturated carbocycles. The zero-order valence-corrected chi connectivity index (χ0v) is 14.6. The molecule has 0 heterocycles. The van der Waals surface area contributed by atoms with Crippen LogP contribution in [-0.4, -0.2) is 5.91 Å².